The number of nitro groups is 1. The van der Waals surface area contributed by atoms with E-state index in [0.29, 0.717) is 18.4 Å². The Kier molecular flexibility index (Phi) is 5.63. The summed E-state index contributed by atoms with van der Waals surface area (Å²) in [4.78, 5) is 33.5. The lowest BCUT2D eigenvalue weighted by Crippen LogP contribution is -2.34. The number of carbonyl (C=O) groups is 2. The quantitative estimate of drug-likeness (QED) is 0.465. The van der Waals surface area contributed by atoms with E-state index in [1.54, 1.807) is 6.08 Å². The van der Waals surface area contributed by atoms with Gasteiger partial charge in [-0.25, -0.2) is 5.43 Å². The fourth-order valence-corrected chi connectivity index (χ4v) is 2.55. The van der Waals surface area contributed by atoms with Gasteiger partial charge < -0.3 is 5.32 Å². The molecule has 1 amide bonds. The summed E-state index contributed by atoms with van der Waals surface area (Å²) < 4.78 is 0. The van der Waals surface area contributed by atoms with Crippen molar-refractivity contribution in [2.45, 2.75) is 26.7 Å². The smallest absolute Gasteiger partial charge is 0.269 e. The topological polar surface area (TPSA) is 114 Å². The van der Waals surface area contributed by atoms with Crippen LogP contribution in [0.1, 0.15) is 32.3 Å². The number of ketones is 1. The molecule has 0 aliphatic heterocycles. The van der Waals surface area contributed by atoms with Gasteiger partial charge in [0.05, 0.1) is 17.7 Å². The van der Waals surface area contributed by atoms with E-state index in [-0.39, 0.29) is 29.3 Å². The lowest BCUT2D eigenvalue weighted by molar-refractivity contribution is -0.384. The van der Waals surface area contributed by atoms with Crippen LogP contribution in [0.25, 0.3) is 0 Å². The maximum absolute atomic E-state index is 11.8. The van der Waals surface area contributed by atoms with E-state index >= 15 is 0 Å². The van der Waals surface area contributed by atoms with E-state index < -0.39 is 4.92 Å². The average molecular weight is 344 g/mol. The number of non-ortho nitro benzene ring substituents is 1. The molecule has 1 aliphatic rings. The second kappa shape index (κ2) is 7.69. The van der Waals surface area contributed by atoms with Crippen molar-refractivity contribution in [1.82, 2.24) is 10.7 Å². The first-order chi connectivity index (χ1) is 11.7. The molecule has 0 saturated carbocycles. The molecule has 0 saturated heterocycles. The molecule has 0 heterocycles. The van der Waals surface area contributed by atoms with Gasteiger partial charge in [0.2, 0.25) is 0 Å². The Morgan fingerprint density at radius 3 is 2.60 bits per heavy atom. The number of carbonyl (C=O) groups excluding carboxylic acids is 2. The predicted octanol–water partition coefficient (Wildman–Crippen LogP) is 1.91. The van der Waals surface area contributed by atoms with Gasteiger partial charge in [-0.1, -0.05) is 13.8 Å². The summed E-state index contributed by atoms with van der Waals surface area (Å²) in [5.74, 6) is -0.301. The molecule has 0 bridgehead atoms. The number of nitro benzene ring substituents is 1. The van der Waals surface area contributed by atoms with Crippen LogP contribution < -0.4 is 10.7 Å². The molecular weight excluding hydrogens is 324 g/mol. The van der Waals surface area contributed by atoms with Crippen LogP contribution in [-0.2, 0) is 9.59 Å². The van der Waals surface area contributed by atoms with Gasteiger partial charge in [-0.3, -0.25) is 19.7 Å². The number of nitrogens with zero attached hydrogens (tertiary/aromatic N) is 2. The van der Waals surface area contributed by atoms with Gasteiger partial charge in [-0.15, -0.1) is 0 Å². The molecule has 0 spiro atoms. The van der Waals surface area contributed by atoms with Crippen LogP contribution in [0.5, 0.6) is 0 Å². The van der Waals surface area contributed by atoms with Crippen molar-refractivity contribution < 1.29 is 14.5 Å². The highest BCUT2D eigenvalue weighted by Crippen LogP contribution is 2.32. The Hall–Kier alpha value is -3.03. The SMILES string of the molecule is CC1(C)CC(=O)C=C(NCC(=O)N/N=C/c2ccc([N+](=O)[O-])cc2)C1. The van der Waals surface area contributed by atoms with Crippen molar-refractivity contribution in [3.05, 3.63) is 51.7 Å². The van der Waals surface area contributed by atoms with Crippen LogP contribution in [0.4, 0.5) is 5.69 Å². The monoisotopic (exact) mass is 344 g/mol. The minimum atomic E-state index is -0.486. The first-order valence-electron chi connectivity index (χ1n) is 7.79. The average Bonchev–Trinajstić information content (AvgIpc) is 2.51. The zero-order valence-electron chi connectivity index (χ0n) is 14.1. The molecule has 25 heavy (non-hydrogen) atoms. The van der Waals surface area contributed by atoms with Crippen LogP contribution in [0, 0.1) is 15.5 Å². The van der Waals surface area contributed by atoms with E-state index in [9.17, 15) is 19.7 Å². The second-order valence-corrected chi connectivity index (χ2v) is 6.65. The van der Waals surface area contributed by atoms with E-state index in [1.165, 1.54) is 30.5 Å². The third kappa shape index (κ3) is 5.83. The second-order valence-electron chi connectivity index (χ2n) is 6.65. The van der Waals surface area contributed by atoms with Crippen molar-refractivity contribution in [2.75, 3.05) is 6.54 Å². The van der Waals surface area contributed by atoms with Gasteiger partial charge in [0.25, 0.3) is 11.6 Å². The first-order valence-corrected chi connectivity index (χ1v) is 7.79. The Bertz CT molecular complexity index is 736. The summed E-state index contributed by atoms with van der Waals surface area (Å²) in [6.07, 6.45) is 4.15. The predicted molar refractivity (Wildman–Crippen MR) is 92.9 cm³/mol. The number of allylic oxidation sites excluding steroid dienone is 2. The normalized spacial score (nSPS) is 16.4. The molecule has 0 unspecified atom stereocenters. The molecule has 0 atom stereocenters. The summed E-state index contributed by atoms with van der Waals surface area (Å²) in [5, 5.41) is 17.3. The summed E-state index contributed by atoms with van der Waals surface area (Å²) in [6.45, 7) is 4.02. The largest absolute Gasteiger partial charge is 0.379 e. The molecule has 8 heteroatoms. The van der Waals surface area contributed by atoms with E-state index in [4.69, 9.17) is 0 Å². The Morgan fingerprint density at radius 2 is 2.00 bits per heavy atom. The van der Waals surface area contributed by atoms with Gasteiger partial charge >= 0.3 is 0 Å². The molecule has 2 N–H and O–H groups in total. The number of nitrogens with one attached hydrogen (secondary N) is 2. The van der Waals surface area contributed by atoms with E-state index in [2.05, 4.69) is 15.8 Å². The Balaban J connectivity index is 1.80. The molecule has 0 aromatic heterocycles. The Morgan fingerprint density at radius 1 is 1.32 bits per heavy atom. The number of amides is 1. The lowest BCUT2D eigenvalue weighted by Gasteiger charge is -2.29. The highest BCUT2D eigenvalue weighted by Gasteiger charge is 2.27. The summed E-state index contributed by atoms with van der Waals surface area (Å²) in [5.41, 5.74) is 3.61. The highest BCUT2D eigenvalue weighted by atomic mass is 16.6. The highest BCUT2D eigenvalue weighted by molar-refractivity contribution is 5.92. The van der Waals surface area contributed by atoms with Crippen LogP contribution >= 0.6 is 0 Å². The van der Waals surface area contributed by atoms with Crippen molar-refractivity contribution in [1.29, 1.82) is 0 Å². The van der Waals surface area contributed by atoms with Gasteiger partial charge in [-0.2, -0.15) is 5.10 Å². The van der Waals surface area contributed by atoms with Crippen molar-refractivity contribution in [3.63, 3.8) is 0 Å². The third-order valence-corrected chi connectivity index (χ3v) is 3.64. The third-order valence-electron chi connectivity index (χ3n) is 3.64. The molecule has 0 radical (unpaired) electrons. The molecule has 0 fully saturated rings. The number of benzene rings is 1. The van der Waals surface area contributed by atoms with Crippen molar-refractivity contribution in [2.24, 2.45) is 10.5 Å². The minimum Gasteiger partial charge on any atom is -0.379 e. The standard InChI is InChI=1S/C17H20N4O4/c1-17(2)8-13(7-15(22)9-17)18-11-16(23)20-19-10-12-3-5-14(6-4-12)21(24)25/h3-7,10,18H,8-9,11H2,1-2H3,(H,20,23)/b19-10+. The maximum Gasteiger partial charge on any atom is 0.269 e. The fraction of sp³-hybridized carbons (Fsp3) is 0.353. The molecule has 8 nitrogen and oxygen atoms in total. The van der Waals surface area contributed by atoms with E-state index in [0.717, 1.165) is 5.70 Å². The van der Waals surface area contributed by atoms with Crippen LogP contribution in [-0.4, -0.2) is 29.4 Å². The van der Waals surface area contributed by atoms with Crippen molar-refractivity contribution >= 4 is 23.6 Å². The number of hydrogen-bond acceptors (Lipinski definition) is 6. The summed E-state index contributed by atoms with van der Waals surface area (Å²) in [7, 11) is 0. The summed E-state index contributed by atoms with van der Waals surface area (Å²) in [6, 6.07) is 5.79. The zero-order chi connectivity index (χ0) is 18.4. The number of hydrogen-bond donors (Lipinski definition) is 2. The molecule has 1 aromatic rings. The van der Waals surface area contributed by atoms with Gasteiger partial charge in [-0.05, 0) is 29.5 Å². The molecule has 2 rings (SSSR count). The van der Waals surface area contributed by atoms with E-state index in [1.807, 2.05) is 13.8 Å². The summed E-state index contributed by atoms with van der Waals surface area (Å²) >= 11 is 0. The molecule has 1 aromatic carbocycles. The minimum absolute atomic E-state index is 0.00674. The van der Waals surface area contributed by atoms with Crippen LogP contribution in [0.3, 0.4) is 0 Å². The van der Waals surface area contributed by atoms with Gasteiger partial charge in [0.15, 0.2) is 5.78 Å². The fourth-order valence-electron chi connectivity index (χ4n) is 2.55. The van der Waals surface area contributed by atoms with Gasteiger partial charge in [0, 0.05) is 30.3 Å². The number of rotatable bonds is 6. The Labute approximate surface area is 145 Å². The lowest BCUT2D eigenvalue weighted by atomic mass is 9.79. The molecule has 1 aliphatic carbocycles. The number of hydrazone groups is 1. The van der Waals surface area contributed by atoms with Gasteiger partial charge in [0.1, 0.15) is 0 Å². The molecule has 132 valence electrons. The molecular formula is C17H20N4O4. The first kappa shape index (κ1) is 18.3. The maximum atomic E-state index is 11.8. The van der Waals surface area contributed by atoms with Crippen molar-refractivity contribution in [3.8, 4) is 0 Å². The zero-order valence-corrected chi connectivity index (χ0v) is 14.1. The van der Waals surface area contributed by atoms with Crippen LogP contribution in [0.2, 0.25) is 0 Å². The van der Waals surface area contributed by atoms with Crippen LogP contribution in [0.15, 0.2) is 41.1 Å².